The van der Waals surface area contributed by atoms with Crippen molar-refractivity contribution in [3.05, 3.63) is 93.0 Å². The largest absolute Gasteiger partial charge is 0.508 e. The van der Waals surface area contributed by atoms with Gasteiger partial charge in [-0.25, -0.2) is 4.98 Å². The maximum Gasteiger partial charge on any atom is 0.255 e. The Labute approximate surface area is 161 Å². The molecule has 0 bridgehead atoms. The maximum absolute atomic E-state index is 12.7. The average Bonchev–Trinajstić information content (AvgIpc) is 2.66. The van der Waals surface area contributed by atoms with E-state index in [1.54, 1.807) is 25.1 Å². The van der Waals surface area contributed by atoms with Crippen molar-refractivity contribution in [3.63, 3.8) is 0 Å². The SMILES string of the molecule is Cc1nc(-c2ccc(Cl)cc2)c(Cc2c(O)ccc3ccccc23)c(=O)[nH]1. The summed E-state index contributed by atoms with van der Waals surface area (Å²) < 4.78 is 0. The predicted molar refractivity (Wildman–Crippen MR) is 108 cm³/mol. The molecule has 4 rings (SSSR count). The number of nitrogens with one attached hydrogen (secondary N) is 1. The van der Waals surface area contributed by atoms with Gasteiger partial charge in [0.1, 0.15) is 11.6 Å². The third-order valence-electron chi connectivity index (χ3n) is 4.62. The fourth-order valence-corrected chi connectivity index (χ4v) is 3.43. The molecule has 0 atom stereocenters. The number of H-pyrrole nitrogens is 1. The van der Waals surface area contributed by atoms with E-state index in [2.05, 4.69) is 9.97 Å². The molecule has 0 fully saturated rings. The quantitative estimate of drug-likeness (QED) is 0.537. The summed E-state index contributed by atoms with van der Waals surface area (Å²) in [6, 6.07) is 18.6. The summed E-state index contributed by atoms with van der Waals surface area (Å²) in [6.45, 7) is 1.75. The molecule has 27 heavy (non-hydrogen) atoms. The Morgan fingerprint density at radius 1 is 1.00 bits per heavy atom. The Hall–Kier alpha value is -3.11. The van der Waals surface area contributed by atoms with Gasteiger partial charge in [-0.1, -0.05) is 54.1 Å². The van der Waals surface area contributed by atoms with Gasteiger partial charge in [0.2, 0.25) is 0 Å². The lowest BCUT2D eigenvalue weighted by Gasteiger charge is -2.13. The molecule has 0 saturated carbocycles. The summed E-state index contributed by atoms with van der Waals surface area (Å²) in [4.78, 5) is 20.1. The van der Waals surface area contributed by atoms with E-state index in [-0.39, 0.29) is 17.7 Å². The number of hydrogen-bond donors (Lipinski definition) is 2. The maximum atomic E-state index is 12.7. The number of benzene rings is 3. The van der Waals surface area contributed by atoms with Crippen LogP contribution in [0, 0.1) is 6.92 Å². The van der Waals surface area contributed by atoms with E-state index < -0.39 is 0 Å². The zero-order chi connectivity index (χ0) is 19.0. The van der Waals surface area contributed by atoms with Crippen molar-refractivity contribution < 1.29 is 5.11 Å². The number of halogens is 1. The molecule has 5 heteroatoms. The molecule has 3 aromatic carbocycles. The van der Waals surface area contributed by atoms with Gasteiger partial charge in [-0.15, -0.1) is 0 Å². The molecule has 1 heterocycles. The molecular weight excluding hydrogens is 360 g/mol. The van der Waals surface area contributed by atoms with Gasteiger partial charge in [0, 0.05) is 28.1 Å². The highest BCUT2D eigenvalue weighted by molar-refractivity contribution is 6.30. The molecule has 0 saturated heterocycles. The summed E-state index contributed by atoms with van der Waals surface area (Å²) in [5, 5.41) is 13.0. The van der Waals surface area contributed by atoms with E-state index in [1.807, 2.05) is 42.5 Å². The van der Waals surface area contributed by atoms with Crippen molar-refractivity contribution in [2.24, 2.45) is 0 Å². The van der Waals surface area contributed by atoms with E-state index >= 15 is 0 Å². The lowest BCUT2D eigenvalue weighted by Crippen LogP contribution is -2.18. The van der Waals surface area contributed by atoms with Gasteiger partial charge >= 0.3 is 0 Å². The van der Waals surface area contributed by atoms with Gasteiger partial charge in [0.05, 0.1) is 5.69 Å². The molecule has 1 aromatic heterocycles. The Morgan fingerprint density at radius 2 is 1.74 bits per heavy atom. The van der Waals surface area contributed by atoms with Crippen LogP contribution >= 0.6 is 11.6 Å². The number of phenols is 1. The number of nitrogens with zero attached hydrogens (tertiary/aromatic N) is 1. The molecule has 0 aliphatic heterocycles. The monoisotopic (exact) mass is 376 g/mol. The highest BCUT2D eigenvalue weighted by atomic mass is 35.5. The van der Waals surface area contributed by atoms with Crippen molar-refractivity contribution in [2.45, 2.75) is 13.3 Å². The third-order valence-corrected chi connectivity index (χ3v) is 4.87. The van der Waals surface area contributed by atoms with Crippen molar-refractivity contribution in [1.82, 2.24) is 9.97 Å². The van der Waals surface area contributed by atoms with Crippen LogP contribution < -0.4 is 5.56 Å². The summed E-state index contributed by atoms with van der Waals surface area (Å²) >= 11 is 6.00. The third kappa shape index (κ3) is 3.32. The van der Waals surface area contributed by atoms with E-state index in [1.165, 1.54) is 0 Å². The fraction of sp³-hybridized carbons (Fsp3) is 0.0909. The van der Waals surface area contributed by atoms with Crippen LogP contribution in [0.25, 0.3) is 22.0 Å². The van der Waals surface area contributed by atoms with E-state index in [0.29, 0.717) is 27.7 Å². The Kier molecular flexibility index (Phi) is 4.42. The first-order chi connectivity index (χ1) is 13.0. The zero-order valence-corrected chi connectivity index (χ0v) is 15.4. The van der Waals surface area contributed by atoms with E-state index in [0.717, 1.165) is 16.3 Å². The number of hydrogen-bond acceptors (Lipinski definition) is 3. The van der Waals surface area contributed by atoms with Gasteiger partial charge in [-0.3, -0.25) is 4.79 Å². The summed E-state index contributed by atoms with van der Waals surface area (Å²) in [5.74, 6) is 0.701. The lowest BCUT2D eigenvalue weighted by atomic mass is 9.95. The van der Waals surface area contributed by atoms with Gasteiger partial charge < -0.3 is 10.1 Å². The zero-order valence-electron chi connectivity index (χ0n) is 14.7. The number of aromatic nitrogens is 2. The van der Waals surface area contributed by atoms with Crippen LogP contribution in [0.5, 0.6) is 5.75 Å². The van der Waals surface area contributed by atoms with Crippen LogP contribution in [0.2, 0.25) is 5.02 Å². The average molecular weight is 377 g/mol. The van der Waals surface area contributed by atoms with Gasteiger partial charge in [-0.05, 0) is 35.9 Å². The Balaban J connectivity index is 1.92. The molecule has 4 aromatic rings. The van der Waals surface area contributed by atoms with Crippen molar-refractivity contribution in [3.8, 4) is 17.0 Å². The molecule has 0 amide bonds. The molecule has 134 valence electrons. The standard InChI is InChI=1S/C22H17ClN2O2/c1-13-24-21(15-6-9-16(23)10-7-15)19(22(27)25-13)12-18-17-5-3-2-4-14(17)8-11-20(18)26/h2-11,26H,12H2,1H3,(H,24,25,27). The van der Waals surface area contributed by atoms with Gasteiger partial charge in [0.25, 0.3) is 5.56 Å². The lowest BCUT2D eigenvalue weighted by molar-refractivity contribution is 0.470. The molecule has 0 radical (unpaired) electrons. The molecule has 2 N–H and O–H groups in total. The van der Waals surface area contributed by atoms with Crippen molar-refractivity contribution in [2.75, 3.05) is 0 Å². The number of rotatable bonds is 3. The molecule has 0 aliphatic rings. The first-order valence-corrected chi connectivity index (χ1v) is 8.96. The van der Waals surface area contributed by atoms with Crippen LogP contribution in [0.3, 0.4) is 0 Å². The second-order valence-corrected chi connectivity index (χ2v) is 6.88. The molecule has 0 unspecified atom stereocenters. The topological polar surface area (TPSA) is 66.0 Å². The van der Waals surface area contributed by atoms with Crippen molar-refractivity contribution >= 4 is 22.4 Å². The fourth-order valence-electron chi connectivity index (χ4n) is 3.31. The van der Waals surface area contributed by atoms with Crippen LogP contribution in [0.4, 0.5) is 0 Å². The van der Waals surface area contributed by atoms with Gasteiger partial charge in [-0.2, -0.15) is 0 Å². The summed E-state index contributed by atoms with van der Waals surface area (Å²) in [5.41, 5.74) is 2.41. The van der Waals surface area contributed by atoms with Crippen LogP contribution in [-0.4, -0.2) is 15.1 Å². The summed E-state index contributed by atoms with van der Waals surface area (Å²) in [7, 11) is 0. The number of fused-ring (bicyclic) bond motifs is 1. The smallest absolute Gasteiger partial charge is 0.255 e. The predicted octanol–water partition coefficient (Wildman–Crippen LogP) is 4.85. The van der Waals surface area contributed by atoms with Crippen LogP contribution in [0.1, 0.15) is 17.0 Å². The van der Waals surface area contributed by atoms with E-state index in [4.69, 9.17) is 11.6 Å². The number of phenolic OH excluding ortho intramolecular Hbond substituents is 1. The highest BCUT2D eigenvalue weighted by Crippen LogP contribution is 2.31. The minimum atomic E-state index is -0.209. The van der Waals surface area contributed by atoms with Crippen molar-refractivity contribution in [1.29, 1.82) is 0 Å². The molecule has 0 aliphatic carbocycles. The van der Waals surface area contributed by atoms with E-state index in [9.17, 15) is 9.90 Å². The number of aryl methyl sites for hydroxylation is 1. The molecular formula is C22H17ClN2O2. The minimum Gasteiger partial charge on any atom is -0.508 e. The first-order valence-electron chi connectivity index (χ1n) is 8.58. The van der Waals surface area contributed by atoms with Crippen LogP contribution in [0.15, 0.2) is 65.5 Å². The molecule has 0 spiro atoms. The van der Waals surface area contributed by atoms with Gasteiger partial charge in [0.15, 0.2) is 0 Å². The second kappa shape index (κ2) is 6.89. The summed E-state index contributed by atoms with van der Waals surface area (Å²) in [6.07, 6.45) is 0.272. The molecule has 4 nitrogen and oxygen atoms in total. The second-order valence-electron chi connectivity index (χ2n) is 6.45. The van der Waals surface area contributed by atoms with Crippen LogP contribution in [-0.2, 0) is 6.42 Å². The number of aromatic amines is 1. The Bertz CT molecular complexity index is 1200. The minimum absolute atomic E-state index is 0.163. The number of aromatic hydroxyl groups is 1. The highest BCUT2D eigenvalue weighted by Gasteiger charge is 2.16. The first kappa shape index (κ1) is 17.3. The Morgan fingerprint density at radius 3 is 2.52 bits per heavy atom. The normalized spacial score (nSPS) is 11.0.